The molecule has 0 unspecified atom stereocenters. The molecule has 0 spiro atoms. The lowest BCUT2D eigenvalue weighted by Gasteiger charge is -2.16. The van der Waals surface area contributed by atoms with E-state index in [1.807, 2.05) is 0 Å². The van der Waals surface area contributed by atoms with Gasteiger partial charge in [-0.3, -0.25) is 0 Å². The number of aromatic nitrogens is 4. The molecule has 0 radical (unpaired) electrons. The fourth-order valence-electron chi connectivity index (χ4n) is 2.60. The van der Waals surface area contributed by atoms with Gasteiger partial charge in [-0.15, -0.1) is 0 Å². The van der Waals surface area contributed by atoms with Gasteiger partial charge >= 0.3 is 11.9 Å². The monoisotopic (exact) mass is 394 g/mol. The summed E-state index contributed by atoms with van der Waals surface area (Å²) < 4.78 is 60.3. The highest BCUT2D eigenvalue weighted by atomic mass is 19.4. The summed E-state index contributed by atoms with van der Waals surface area (Å²) in [4.78, 5) is 12.2. The molecule has 0 saturated heterocycles. The highest BCUT2D eigenvalue weighted by molar-refractivity contribution is 5.58. The van der Waals surface area contributed by atoms with E-state index in [1.54, 1.807) is 12.1 Å². The fourth-order valence-corrected chi connectivity index (χ4v) is 2.60. The normalized spacial score (nSPS) is 11.5. The van der Waals surface area contributed by atoms with Crippen LogP contribution in [0.5, 0.6) is 5.75 Å². The molecule has 0 N–H and O–H groups in total. The van der Waals surface area contributed by atoms with E-state index in [2.05, 4.69) is 17.0 Å². The second kappa shape index (κ2) is 7.29. The SMILES string of the molecule is C=Cc1cccc(-n2nnn(C)c2=O)c1COc1cc(F)ccc1C(F)(F)F. The summed E-state index contributed by atoms with van der Waals surface area (Å²) in [5, 5.41) is 7.35. The molecule has 0 saturated carbocycles. The first-order chi connectivity index (χ1) is 13.2. The van der Waals surface area contributed by atoms with Crippen LogP contribution in [-0.2, 0) is 19.8 Å². The lowest BCUT2D eigenvalue weighted by molar-refractivity contribution is -0.139. The number of hydrogen-bond donors (Lipinski definition) is 0. The molecular formula is C18H14F4N4O2. The van der Waals surface area contributed by atoms with E-state index < -0.39 is 29.0 Å². The van der Waals surface area contributed by atoms with Crippen molar-refractivity contribution in [2.45, 2.75) is 12.8 Å². The highest BCUT2D eigenvalue weighted by Gasteiger charge is 2.34. The Kier molecular flexibility index (Phi) is 5.04. The summed E-state index contributed by atoms with van der Waals surface area (Å²) in [6.07, 6.45) is -3.26. The van der Waals surface area contributed by atoms with Gasteiger partial charge in [0.1, 0.15) is 18.2 Å². The van der Waals surface area contributed by atoms with Crippen molar-refractivity contribution < 1.29 is 22.3 Å². The van der Waals surface area contributed by atoms with Crippen LogP contribution < -0.4 is 10.4 Å². The molecule has 3 aromatic rings. The van der Waals surface area contributed by atoms with E-state index in [0.29, 0.717) is 29.3 Å². The molecule has 2 aromatic carbocycles. The molecule has 0 atom stereocenters. The molecule has 1 heterocycles. The van der Waals surface area contributed by atoms with Gasteiger partial charge in [0.2, 0.25) is 0 Å². The Balaban J connectivity index is 2.05. The maximum Gasteiger partial charge on any atom is 0.419 e. The number of ether oxygens (including phenoxy) is 1. The topological polar surface area (TPSA) is 61.9 Å². The van der Waals surface area contributed by atoms with E-state index in [-0.39, 0.29) is 12.3 Å². The quantitative estimate of drug-likeness (QED) is 0.623. The van der Waals surface area contributed by atoms with Gasteiger partial charge in [0, 0.05) is 18.7 Å². The number of benzene rings is 2. The van der Waals surface area contributed by atoms with Crippen molar-refractivity contribution in [3.8, 4) is 11.4 Å². The van der Waals surface area contributed by atoms with Crippen molar-refractivity contribution in [3.63, 3.8) is 0 Å². The van der Waals surface area contributed by atoms with Crippen LogP contribution in [0.25, 0.3) is 11.8 Å². The van der Waals surface area contributed by atoms with Crippen molar-refractivity contribution >= 4 is 6.08 Å². The van der Waals surface area contributed by atoms with Gasteiger partial charge in [0.05, 0.1) is 11.3 Å². The molecule has 0 amide bonds. The van der Waals surface area contributed by atoms with Crippen molar-refractivity contribution in [2.75, 3.05) is 0 Å². The molecule has 6 nitrogen and oxygen atoms in total. The van der Waals surface area contributed by atoms with Crippen LogP contribution in [0, 0.1) is 5.82 Å². The van der Waals surface area contributed by atoms with Crippen LogP contribution in [0.2, 0.25) is 0 Å². The van der Waals surface area contributed by atoms with Gasteiger partial charge in [-0.1, -0.05) is 24.8 Å². The average molecular weight is 394 g/mol. The largest absolute Gasteiger partial charge is 0.488 e. The lowest BCUT2D eigenvalue weighted by atomic mass is 10.1. The number of tetrazole rings is 1. The summed E-state index contributed by atoms with van der Waals surface area (Å²) in [7, 11) is 1.40. The Bertz CT molecular complexity index is 1090. The summed E-state index contributed by atoms with van der Waals surface area (Å²) >= 11 is 0. The highest BCUT2D eigenvalue weighted by Crippen LogP contribution is 2.37. The van der Waals surface area contributed by atoms with Gasteiger partial charge in [0.15, 0.2) is 0 Å². The number of alkyl halides is 3. The Hall–Kier alpha value is -3.43. The van der Waals surface area contributed by atoms with Crippen LogP contribution in [0.3, 0.4) is 0 Å². The Morgan fingerprint density at radius 3 is 2.57 bits per heavy atom. The van der Waals surface area contributed by atoms with Crippen molar-refractivity contribution in [1.29, 1.82) is 0 Å². The van der Waals surface area contributed by atoms with Gasteiger partial charge in [-0.2, -0.15) is 22.5 Å². The van der Waals surface area contributed by atoms with Gasteiger partial charge < -0.3 is 4.74 Å². The molecule has 146 valence electrons. The first kappa shape index (κ1) is 19.3. The minimum atomic E-state index is -4.72. The number of hydrogen-bond acceptors (Lipinski definition) is 4. The summed E-state index contributed by atoms with van der Waals surface area (Å²) in [5.74, 6) is -1.53. The number of rotatable bonds is 5. The Morgan fingerprint density at radius 2 is 1.96 bits per heavy atom. The fraction of sp³-hybridized carbons (Fsp3) is 0.167. The third-order valence-corrected chi connectivity index (χ3v) is 3.98. The number of halogens is 4. The Morgan fingerprint density at radius 1 is 1.21 bits per heavy atom. The van der Waals surface area contributed by atoms with E-state index in [4.69, 9.17) is 4.74 Å². The summed E-state index contributed by atoms with van der Waals surface area (Å²) in [6.45, 7) is 3.27. The van der Waals surface area contributed by atoms with E-state index in [1.165, 1.54) is 19.2 Å². The van der Waals surface area contributed by atoms with Crippen LogP contribution >= 0.6 is 0 Å². The molecule has 3 rings (SSSR count). The zero-order valence-corrected chi connectivity index (χ0v) is 14.6. The average Bonchev–Trinajstić information content (AvgIpc) is 2.97. The minimum absolute atomic E-state index is 0.264. The molecule has 0 fully saturated rings. The van der Waals surface area contributed by atoms with Crippen LogP contribution in [0.1, 0.15) is 16.7 Å². The maximum absolute atomic E-state index is 13.5. The van der Waals surface area contributed by atoms with Crippen molar-refractivity contribution in [3.05, 3.63) is 76.0 Å². The molecule has 28 heavy (non-hydrogen) atoms. The molecule has 1 aromatic heterocycles. The zero-order valence-electron chi connectivity index (χ0n) is 14.6. The van der Waals surface area contributed by atoms with Crippen LogP contribution in [0.4, 0.5) is 17.6 Å². The molecule has 0 aliphatic heterocycles. The third kappa shape index (κ3) is 3.66. The molecular weight excluding hydrogens is 380 g/mol. The molecule has 0 aliphatic carbocycles. The predicted octanol–water partition coefficient (Wildman–Crippen LogP) is 3.35. The second-order valence-electron chi connectivity index (χ2n) is 5.77. The van der Waals surface area contributed by atoms with E-state index in [9.17, 15) is 22.4 Å². The van der Waals surface area contributed by atoms with Crippen molar-refractivity contribution in [2.24, 2.45) is 7.05 Å². The van der Waals surface area contributed by atoms with Gasteiger partial charge in [-0.25, -0.2) is 9.18 Å². The molecule has 10 heteroatoms. The third-order valence-electron chi connectivity index (χ3n) is 3.98. The second-order valence-corrected chi connectivity index (χ2v) is 5.77. The Labute approximate surface area is 156 Å². The van der Waals surface area contributed by atoms with E-state index in [0.717, 1.165) is 9.36 Å². The lowest BCUT2D eigenvalue weighted by Crippen LogP contribution is -2.23. The van der Waals surface area contributed by atoms with Crippen molar-refractivity contribution in [1.82, 2.24) is 19.8 Å². The molecule has 0 aliphatic rings. The summed E-state index contributed by atoms with van der Waals surface area (Å²) in [6, 6.07) is 6.79. The maximum atomic E-state index is 13.5. The van der Waals surface area contributed by atoms with Gasteiger partial charge in [-0.05, 0) is 34.2 Å². The number of aryl methyl sites for hydroxylation is 1. The smallest absolute Gasteiger partial charge is 0.419 e. The minimum Gasteiger partial charge on any atom is -0.488 e. The predicted molar refractivity (Wildman–Crippen MR) is 92.4 cm³/mol. The molecule has 0 bridgehead atoms. The van der Waals surface area contributed by atoms with Crippen LogP contribution in [-0.4, -0.2) is 19.8 Å². The first-order valence-electron chi connectivity index (χ1n) is 7.95. The standard InChI is InChI=1S/C18H14F4N4O2/c1-3-11-5-4-6-15(26-17(27)25(2)23-24-26)13(11)10-28-16-9-12(19)7-8-14(16)18(20,21)22/h3-9H,1,10H2,2H3. The summed E-state index contributed by atoms with van der Waals surface area (Å²) in [5.41, 5.74) is -0.537. The van der Waals surface area contributed by atoms with E-state index >= 15 is 0 Å². The number of nitrogens with zero attached hydrogens (tertiary/aromatic N) is 4. The first-order valence-corrected chi connectivity index (χ1v) is 7.95. The zero-order chi connectivity index (χ0) is 20.5. The van der Waals surface area contributed by atoms with Gasteiger partial charge in [0.25, 0.3) is 0 Å². The van der Waals surface area contributed by atoms with Crippen LogP contribution in [0.15, 0.2) is 47.8 Å².